The average Bonchev–Trinajstić information content (AvgIpc) is 3.48. The van der Waals surface area contributed by atoms with Gasteiger partial charge < -0.3 is 9.47 Å². The van der Waals surface area contributed by atoms with Gasteiger partial charge in [-0.1, -0.05) is 47.7 Å². The Morgan fingerprint density at radius 2 is 1.85 bits per heavy atom. The highest BCUT2D eigenvalue weighted by Crippen LogP contribution is 2.35. The van der Waals surface area contributed by atoms with Crippen LogP contribution in [0.15, 0.2) is 66.2 Å². The first-order valence-corrected chi connectivity index (χ1v) is 10.9. The summed E-state index contributed by atoms with van der Waals surface area (Å²) in [6.45, 7) is 1.89. The van der Waals surface area contributed by atoms with E-state index in [4.69, 9.17) is 9.47 Å². The smallest absolute Gasteiger partial charge is 0.360 e. The van der Waals surface area contributed by atoms with Gasteiger partial charge >= 0.3 is 5.97 Å². The minimum Gasteiger partial charge on any atom is -0.495 e. The zero-order valence-corrected chi connectivity index (χ0v) is 18.9. The third-order valence-corrected chi connectivity index (χ3v) is 5.53. The number of hydrogen-bond donors (Lipinski definition) is 0. The fraction of sp³-hybridized carbons (Fsp3) is 0.174. The third kappa shape index (κ3) is 5.24. The van der Waals surface area contributed by atoms with Crippen molar-refractivity contribution < 1.29 is 19.1 Å². The lowest BCUT2D eigenvalue weighted by molar-refractivity contribution is -0.115. The van der Waals surface area contributed by atoms with Gasteiger partial charge in [-0.15, -0.1) is 16.4 Å². The summed E-state index contributed by atoms with van der Waals surface area (Å²) in [6.07, 6.45) is 1.54. The van der Waals surface area contributed by atoms with Gasteiger partial charge in [0, 0.05) is 12.3 Å². The van der Waals surface area contributed by atoms with Crippen LogP contribution in [0.25, 0.3) is 0 Å². The number of benzene rings is 2. The zero-order valence-electron chi connectivity index (χ0n) is 18.0. The standard InChI is InChI=1S/C23H21N5O4S/c1-16(29)28(20-10-6-7-11-21(20)31-2)23-24-18(15-33-23)14-32-22(30)19-13-27(26-25-19)12-17-8-4-3-5-9-17/h3-11,13,15H,12,14H2,1-2H3. The number of carbonyl (C=O) groups is 2. The summed E-state index contributed by atoms with van der Waals surface area (Å²) in [5, 5.41) is 10.1. The molecule has 9 nitrogen and oxygen atoms in total. The van der Waals surface area contributed by atoms with Crippen LogP contribution in [0.1, 0.15) is 28.7 Å². The number of thiazole rings is 1. The molecule has 10 heteroatoms. The Kier molecular flexibility index (Phi) is 6.75. The summed E-state index contributed by atoms with van der Waals surface area (Å²) in [4.78, 5) is 30.7. The average molecular weight is 464 g/mol. The molecule has 0 fully saturated rings. The SMILES string of the molecule is COc1ccccc1N(C(C)=O)c1nc(COC(=O)c2cn(Cc3ccccc3)nn2)cs1. The highest BCUT2D eigenvalue weighted by molar-refractivity contribution is 7.14. The van der Waals surface area contributed by atoms with Crippen LogP contribution in [-0.4, -0.2) is 39.0 Å². The molecular weight excluding hydrogens is 442 g/mol. The van der Waals surface area contributed by atoms with E-state index in [1.807, 2.05) is 42.5 Å². The number of amides is 1. The molecule has 0 saturated heterocycles. The van der Waals surface area contributed by atoms with Gasteiger partial charge in [0.25, 0.3) is 0 Å². The van der Waals surface area contributed by atoms with Crippen molar-refractivity contribution >= 4 is 34.0 Å². The Morgan fingerprint density at radius 3 is 2.61 bits per heavy atom. The molecule has 0 radical (unpaired) electrons. The van der Waals surface area contributed by atoms with E-state index >= 15 is 0 Å². The molecule has 2 aromatic heterocycles. The fourth-order valence-corrected chi connectivity index (χ4v) is 4.00. The van der Waals surface area contributed by atoms with Gasteiger partial charge in [-0.2, -0.15) is 0 Å². The number of para-hydroxylation sites is 2. The van der Waals surface area contributed by atoms with Crippen molar-refractivity contribution in [2.75, 3.05) is 12.0 Å². The summed E-state index contributed by atoms with van der Waals surface area (Å²) in [5.41, 5.74) is 2.25. The maximum atomic E-state index is 12.4. The number of esters is 1. The number of hydrogen-bond acceptors (Lipinski definition) is 8. The lowest BCUT2D eigenvalue weighted by Gasteiger charge is -2.20. The fourth-order valence-electron chi connectivity index (χ4n) is 3.14. The second kappa shape index (κ2) is 10.0. The van der Waals surface area contributed by atoms with Crippen molar-refractivity contribution in [3.05, 3.63) is 83.1 Å². The number of ether oxygens (including phenoxy) is 2. The van der Waals surface area contributed by atoms with E-state index in [1.54, 1.807) is 35.5 Å². The lowest BCUT2D eigenvalue weighted by atomic mass is 10.2. The van der Waals surface area contributed by atoms with E-state index in [2.05, 4.69) is 15.3 Å². The molecule has 0 aliphatic heterocycles. The summed E-state index contributed by atoms with van der Waals surface area (Å²) in [6, 6.07) is 16.9. The third-order valence-electron chi connectivity index (χ3n) is 4.66. The van der Waals surface area contributed by atoms with Gasteiger partial charge in [0.1, 0.15) is 12.4 Å². The Labute approximate surface area is 194 Å². The molecule has 0 aliphatic carbocycles. The van der Waals surface area contributed by atoms with Crippen molar-refractivity contribution in [1.29, 1.82) is 0 Å². The van der Waals surface area contributed by atoms with Crippen molar-refractivity contribution in [3.63, 3.8) is 0 Å². The maximum Gasteiger partial charge on any atom is 0.360 e. The normalized spacial score (nSPS) is 10.6. The van der Waals surface area contributed by atoms with Gasteiger partial charge in [-0.25, -0.2) is 14.5 Å². The molecule has 4 aromatic rings. The number of nitrogens with zero attached hydrogens (tertiary/aromatic N) is 5. The molecule has 0 saturated carbocycles. The highest BCUT2D eigenvalue weighted by Gasteiger charge is 2.22. The summed E-state index contributed by atoms with van der Waals surface area (Å²) >= 11 is 1.27. The van der Waals surface area contributed by atoms with Crippen LogP contribution in [0.2, 0.25) is 0 Å². The first kappa shape index (κ1) is 22.2. The summed E-state index contributed by atoms with van der Waals surface area (Å²) in [5.74, 6) is -0.265. The minimum absolute atomic E-state index is 0.0570. The largest absolute Gasteiger partial charge is 0.495 e. The van der Waals surface area contributed by atoms with Crippen molar-refractivity contribution in [3.8, 4) is 5.75 Å². The Balaban J connectivity index is 1.41. The molecule has 4 rings (SSSR count). The maximum absolute atomic E-state index is 12.4. The monoisotopic (exact) mass is 463 g/mol. The number of anilines is 2. The molecule has 33 heavy (non-hydrogen) atoms. The number of carbonyl (C=O) groups excluding carboxylic acids is 2. The van der Waals surface area contributed by atoms with E-state index in [9.17, 15) is 9.59 Å². The van der Waals surface area contributed by atoms with E-state index in [-0.39, 0.29) is 18.2 Å². The van der Waals surface area contributed by atoms with Crippen LogP contribution in [0.5, 0.6) is 5.75 Å². The van der Waals surface area contributed by atoms with Gasteiger partial charge in [-0.3, -0.25) is 9.69 Å². The quantitative estimate of drug-likeness (QED) is 0.366. The van der Waals surface area contributed by atoms with Crippen molar-refractivity contribution in [2.24, 2.45) is 0 Å². The van der Waals surface area contributed by atoms with Crippen LogP contribution in [0.4, 0.5) is 10.8 Å². The highest BCUT2D eigenvalue weighted by atomic mass is 32.1. The first-order chi connectivity index (χ1) is 16.0. The van der Waals surface area contributed by atoms with Gasteiger partial charge in [0.05, 0.1) is 31.2 Å². The van der Waals surface area contributed by atoms with E-state index < -0.39 is 5.97 Å². The number of rotatable bonds is 8. The first-order valence-electron chi connectivity index (χ1n) is 10.0. The zero-order chi connectivity index (χ0) is 23.2. The molecule has 0 aliphatic rings. The predicted octanol–water partition coefficient (Wildman–Crippen LogP) is 3.83. The Hall–Kier alpha value is -4.05. The van der Waals surface area contributed by atoms with Crippen LogP contribution in [0.3, 0.4) is 0 Å². The Bertz CT molecular complexity index is 1250. The molecule has 1 amide bonds. The second-order valence-corrected chi connectivity index (χ2v) is 7.85. The van der Waals surface area contributed by atoms with Crippen molar-refractivity contribution in [1.82, 2.24) is 20.0 Å². The van der Waals surface area contributed by atoms with Crippen molar-refractivity contribution in [2.45, 2.75) is 20.1 Å². The molecular formula is C23H21N5O4S. The molecule has 168 valence electrons. The van der Waals surface area contributed by atoms with Crippen LogP contribution < -0.4 is 9.64 Å². The molecule has 0 bridgehead atoms. The second-order valence-electron chi connectivity index (χ2n) is 7.01. The molecule has 0 spiro atoms. The molecule has 0 unspecified atom stereocenters. The number of methoxy groups -OCH3 is 1. The summed E-state index contributed by atoms with van der Waals surface area (Å²) in [7, 11) is 1.54. The Morgan fingerprint density at radius 1 is 1.09 bits per heavy atom. The van der Waals surface area contributed by atoms with Gasteiger partial charge in [-0.05, 0) is 17.7 Å². The van der Waals surface area contributed by atoms with Gasteiger partial charge in [0.2, 0.25) is 5.91 Å². The molecule has 0 atom stereocenters. The molecule has 2 heterocycles. The topological polar surface area (TPSA) is 99.4 Å². The molecule has 2 aromatic carbocycles. The number of aromatic nitrogens is 4. The molecule has 0 N–H and O–H groups in total. The van der Waals surface area contributed by atoms with E-state index in [0.29, 0.717) is 28.8 Å². The van der Waals surface area contributed by atoms with Crippen LogP contribution >= 0.6 is 11.3 Å². The van der Waals surface area contributed by atoms with Crippen LogP contribution in [0, 0.1) is 0 Å². The predicted molar refractivity (Wildman–Crippen MR) is 123 cm³/mol. The van der Waals surface area contributed by atoms with E-state index in [1.165, 1.54) is 23.2 Å². The van der Waals surface area contributed by atoms with Crippen LogP contribution in [-0.2, 0) is 22.7 Å². The lowest BCUT2D eigenvalue weighted by Crippen LogP contribution is -2.23. The van der Waals surface area contributed by atoms with E-state index in [0.717, 1.165) is 5.56 Å². The minimum atomic E-state index is -0.600. The summed E-state index contributed by atoms with van der Waals surface area (Å²) < 4.78 is 12.3. The van der Waals surface area contributed by atoms with Gasteiger partial charge in [0.15, 0.2) is 10.8 Å².